The maximum atomic E-state index is 12.5. The lowest BCUT2D eigenvalue weighted by molar-refractivity contribution is -0.140. The average molecular weight is 480 g/mol. The first-order valence-electron chi connectivity index (χ1n) is 10.9. The van der Waals surface area contributed by atoms with E-state index in [1.54, 1.807) is 12.3 Å². The zero-order valence-corrected chi connectivity index (χ0v) is 19.6. The van der Waals surface area contributed by atoms with Crippen molar-refractivity contribution in [2.75, 3.05) is 13.2 Å². The standard InChI is InChI=1S/C25H25N3O5S/c1-14(24(30)31)11-26-22(29)21-13-34-23(28-21)15(2)27-25(32)33-12-20-18-9-5-3-7-16(18)17-8-4-6-10-19(17)20/h3-10,13-15,20H,11-12H2,1-2H3,(H,26,29)(H,27,32)(H,30,31). The molecule has 0 saturated carbocycles. The van der Waals surface area contributed by atoms with E-state index in [0.717, 1.165) is 22.3 Å². The van der Waals surface area contributed by atoms with Gasteiger partial charge in [0.15, 0.2) is 0 Å². The van der Waals surface area contributed by atoms with Crippen LogP contribution in [0.25, 0.3) is 11.1 Å². The first-order chi connectivity index (χ1) is 16.3. The van der Waals surface area contributed by atoms with Crippen molar-refractivity contribution in [3.63, 3.8) is 0 Å². The van der Waals surface area contributed by atoms with Gasteiger partial charge in [0.2, 0.25) is 0 Å². The number of nitrogens with zero attached hydrogens (tertiary/aromatic N) is 1. The van der Waals surface area contributed by atoms with Gasteiger partial charge in [0.05, 0.1) is 12.0 Å². The van der Waals surface area contributed by atoms with Crippen molar-refractivity contribution in [3.05, 3.63) is 75.7 Å². The smallest absolute Gasteiger partial charge is 0.407 e. The molecule has 2 aromatic carbocycles. The average Bonchev–Trinajstić information content (AvgIpc) is 3.45. The van der Waals surface area contributed by atoms with E-state index in [1.807, 2.05) is 24.3 Å². The van der Waals surface area contributed by atoms with Gasteiger partial charge in [0.25, 0.3) is 5.91 Å². The molecule has 0 aliphatic heterocycles. The number of hydrogen-bond acceptors (Lipinski definition) is 6. The summed E-state index contributed by atoms with van der Waals surface area (Å²) in [4.78, 5) is 39.9. The van der Waals surface area contributed by atoms with Crippen LogP contribution in [0.4, 0.5) is 4.79 Å². The van der Waals surface area contributed by atoms with Crippen molar-refractivity contribution >= 4 is 29.3 Å². The van der Waals surface area contributed by atoms with Crippen LogP contribution in [-0.4, -0.2) is 41.2 Å². The van der Waals surface area contributed by atoms with Crippen LogP contribution in [0.2, 0.25) is 0 Å². The molecule has 2 amide bonds. The fourth-order valence-electron chi connectivity index (χ4n) is 3.89. The molecule has 0 saturated heterocycles. The zero-order valence-electron chi connectivity index (χ0n) is 18.8. The van der Waals surface area contributed by atoms with Gasteiger partial charge in [-0.2, -0.15) is 0 Å². The lowest BCUT2D eigenvalue weighted by Gasteiger charge is -2.16. The number of nitrogens with one attached hydrogen (secondary N) is 2. The van der Waals surface area contributed by atoms with E-state index in [9.17, 15) is 14.4 Å². The third kappa shape index (κ3) is 4.94. The molecule has 0 spiro atoms. The van der Waals surface area contributed by atoms with Crippen LogP contribution in [0.15, 0.2) is 53.9 Å². The Balaban J connectivity index is 1.33. The molecule has 3 N–H and O–H groups in total. The van der Waals surface area contributed by atoms with Gasteiger partial charge in [0.1, 0.15) is 17.3 Å². The Labute approximate surface area is 201 Å². The number of carbonyl (C=O) groups excluding carboxylic acids is 2. The molecule has 3 aromatic rings. The van der Waals surface area contributed by atoms with Gasteiger partial charge in [-0.1, -0.05) is 55.5 Å². The maximum absolute atomic E-state index is 12.5. The summed E-state index contributed by atoms with van der Waals surface area (Å²) >= 11 is 1.23. The predicted octanol–water partition coefficient (Wildman–Crippen LogP) is 4.19. The summed E-state index contributed by atoms with van der Waals surface area (Å²) in [7, 11) is 0. The maximum Gasteiger partial charge on any atom is 0.407 e. The summed E-state index contributed by atoms with van der Waals surface area (Å²) in [5, 5.41) is 16.4. The summed E-state index contributed by atoms with van der Waals surface area (Å²) in [5.41, 5.74) is 4.77. The van der Waals surface area contributed by atoms with E-state index in [2.05, 4.69) is 39.9 Å². The molecule has 2 atom stereocenters. The second kappa shape index (κ2) is 10.0. The zero-order chi connectivity index (χ0) is 24.2. The van der Waals surface area contributed by atoms with Crippen molar-refractivity contribution < 1.29 is 24.2 Å². The van der Waals surface area contributed by atoms with E-state index in [-0.39, 0.29) is 24.8 Å². The number of aromatic nitrogens is 1. The largest absolute Gasteiger partial charge is 0.481 e. The van der Waals surface area contributed by atoms with E-state index in [1.165, 1.54) is 18.3 Å². The highest BCUT2D eigenvalue weighted by Gasteiger charge is 2.29. The molecule has 9 heteroatoms. The number of carboxylic acid groups (broad SMARTS) is 1. The van der Waals surface area contributed by atoms with Gasteiger partial charge >= 0.3 is 12.1 Å². The molecular formula is C25H25N3O5S. The van der Waals surface area contributed by atoms with Gasteiger partial charge in [-0.15, -0.1) is 11.3 Å². The van der Waals surface area contributed by atoms with E-state index < -0.39 is 29.9 Å². The molecule has 8 nitrogen and oxygen atoms in total. The molecule has 1 aliphatic carbocycles. The SMILES string of the molecule is CC(CNC(=O)c1csc(C(C)NC(=O)OCC2c3ccccc3-c3ccccc32)n1)C(=O)O. The Kier molecular flexibility index (Phi) is 6.93. The van der Waals surface area contributed by atoms with Crippen molar-refractivity contribution in [1.29, 1.82) is 0 Å². The number of rotatable bonds is 8. The highest BCUT2D eigenvalue weighted by molar-refractivity contribution is 7.09. The van der Waals surface area contributed by atoms with Gasteiger partial charge in [0, 0.05) is 17.8 Å². The molecule has 0 fully saturated rings. The number of carbonyl (C=O) groups is 3. The fourth-order valence-corrected chi connectivity index (χ4v) is 4.70. The van der Waals surface area contributed by atoms with Gasteiger partial charge in [-0.3, -0.25) is 9.59 Å². The highest BCUT2D eigenvalue weighted by atomic mass is 32.1. The van der Waals surface area contributed by atoms with Gasteiger partial charge in [-0.25, -0.2) is 9.78 Å². The van der Waals surface area contributed by atoms with Crippen molar-refractivity contribution in [2.45, 2.75) is 25.8 Å². The van der Waals surface area contributed by atoms with Crippen molar-refractivity contribution in [2.24, 2.45) is 5.92 Å². The van der Waals surface area contributed by atoms with E-state index in [0.29, 0.717) is 5.01 Å². The van der Waals surface area contributed by atoms with Gasteiger partial charge in [-0.05, 0) is 29.2 Å². The van der Waals surface area contributed by atoms with E-state index in [4.69, 9.17) is 9.84 Å². The minimum Gasteiger partial charge on any atom is -0.481 e. The summed E-state index contributed by atoms with van der Waals surface area (Å²) in [6, 6.07) is 15.8. The molecule has 1 heterocycles. The van der Waals surface area contributed by atoms with Crippen molar-refractivity contribution in [3.8, 4) is 11.1 Å². The molecular weight excluding hydrogens is 454 g/mol. The third-order valence-electron chi connectivity index (χ3n) is 5.79. The number of carboxylic acids is 1. The number of hydrogen-bond donors (Lipinski definition) is 3. The summed E-state index contributed by atoms with van der Waals surface area (Å²) < 4.78 is 5.57. The lowest BCUT2D eigenvalue weighted by Crippen LogP contribution is -2.32. The van der Waals surface area contributed by atoms with Crippen LogP contribution in [0.5, 0.6) is 0 Å². The Bertz CT molecular complexity index is 1180. The van der Waals surface area contributed by atoms with Crippen LogP contribution >= 0.6 is 11.3 Å². The van der Waals surface area contributed by atoms with E-state index >= 15 is 0 Å². The van der Waals surface area contributed by atoms with Crippen LogP contribution in [0, 0.1) is 5.92 Å². The number of amides is 2. The summed E-state index contributed by atoms with van der Waals surface area (Å²) in [6.45, 7) is 3.48. The quantitative estimate of drug-likeness (QED) is 0.446. The third-order valence-corrected chi connectivity index (χ3v) is 6.82. The number of aliphatic carboxylic acids is 1. The number of thiazole rings is 1. The van der Waals surface area contributed by atoms with Crippen LogP contribution in [0.1, 0.15) is 52.4 Å². The van der Waals surface area contributed by atoms with Crippen LogP contribution in [-0.2, 0) is 9.53 Å². The number of fused-ring (bicyclic) bond motifs is 3. The Hall–Kier alpha value is -3.72. The minimum atomic E-state index is -0.986. The molecule has 4 rings (SSSR count). The lowest BCUT2D eigenvalue weighted by atomic mass is 9.98. The number of alkyl carbamates (subject to hydrolysis) is 1. The minimum absolute atomic E-state index is 0.00851. The first kappa shape index (κ1) is 23.4. The molecule has 34 heavy (non-hydrogen) atoms. The molecule has 0 bridgehead atoms. The fraction of sp³-hybridized carbons (Fsp3) is 0.280. The predicted molar refractivity (Wildman–Crippen MR) is 128 cm³/mol. The van der Waals surface area contributed by atoms with Crippen LogP contribution < -0.4 is 10.6 Å². The monoisotopic (exact) mass is 479 g/mol. The Morgan fingerprint density at radius 2 is 1.68 bits per heavy atom. The molecule has 176 valence electrons. The first-order valence-corrected chi connectivity index (χ1v) is 11.8. The Morgan fingerprint density at radius 1 is 1.06 bits per heavy atom. The summed E-state index contributed by atoms with van der Waals surface area (Å²) in [5.74, 6) is -2.17. The molecule has 0 radical (unpaired) electrons. The second-order valence-corrected chi connectivity index (χ2v) is 9.10. The highest BCUT2D eigenvalue weighted by Crippen LogP contribution is 2.44. The van der Waals surface area contributed by atoms with Crippen LogP contribution in [0.3, 0.4) is 0 Å². The van der Waals surface area contributed by atoms with Crippen molar-refractivity contribution in [1.82, 2.24) is 15.6 Å². The number of benzene rings is 2. The summed E-state index contributed by atoms with van der Waals surface area (Å²) in [6.07, 6.45) is -0.564. The number of ether oxygens (including phenoxy) is 1. The van der Waals surface area contributed by atoms with Gasteiger partial charge < -0.3 is 20.5 Å². The molecule has 2 unspecified atom stereocenters. The second-order valence-electron chi connectivity index (χ2n) is 8.21. The topological polar surface area (TPSA) is 118 Å². The molecule has 1 aliphatic rings. The Morgan fingerprint density at radius 3 is 2.29 bits per heavy atom. The normalized spacial score (nSPS) is 13.9. The molecule has 1 aromatic heterocycles.